The van der Waals surface area contributed by atoms with Gasteiger partial charge in [0.05, 0.1) is 27.4 Å². The Balaban J connectivity index is 1.27. The highest BCUT2D eigenvalue weighted by Gasteiger charge is 2.24. The van der Waals surface area contributed by atoms with Gasteiger partial charge in [-0.15, -0.1) is 0 Å². The first-order valence-corrected chi connectivity index (χ1v) is 13.5. The van der Waals surface area contributed by atoms with E-state index in [1.54, 1.807) is 14.2 Å². The fourth-order valence-electron chi connectivity index (χ4n) is 5.01. The van der Waals surface area contributed by atoms with Gasteiger partial charge in [0.1, 0.15) is 0 Å². The summed E-state index contributed by atoms with van der Waals surface area (Å²) in [6.45, 7) is 1.44. The van der Waals surface area contributed by atoms with E-state index in [-0.39, 0.29) is 18.4 Å². The van der Waals surface area contributed by atoms with Gasteiger partial charge < -0.3 is 28.4 Å². The Morgan fingerprint density at radius 1 is 0.684 bits per heavy atom. The second kappa shape index (κ2) is 12.5. The Labute approximate surface area is 224 Å². The average Bonchev–Trinajstić information content (AvgIpc) is 3.29. The second-order valence-corrected chi connectivity index (χ2v) is 9.82. The summed E-state index contributed by atoms with van der Waals surface area (Å²) >= 11 is 0. The molecule has 0 radical (unpaired) electrons. The van der Waals surface area contributed by atoms with Gasteiger partial charge in [-0.3, -0.25) is 4.79 Å². The number of ketones is 1. The zero-order chi connectivity index (χ0) is 26.3. The predicted molar refractivity (Wildman–Crippen MR) is 145 cm³/mol. The lowest BCUT2D eigenvalue weighted by Gasteiger charge is -2.24. The molecule has 2 saturated heterocycles. The van der Waals surface area contributed by atoms with Crippen LogP contribution in [-0.2, 0) is 14.3 Å². The topological polar surface area (TPSA) is 72.5 Å². The molecule has 2 aliphatic heterocycles. The van der Waals surface area contributed by atoms with E-state index in [2.05, 4.69) is 0 Å². The van der Waals surface area contributed by atoms with Crippen molar-refractivity contribution in [1.29, 1.82) is 0 Å². The molecule has 0 amide bonds. The number of benzene rings is 2. The van der Waals surface area contributed by atoms with Crippen molar-refractivity contribution >= 4 is 17.9 Å². The maximum Gasteiger partial charge on any atom is 0.200 e. The van der Waals surface area contributed by atoms with Crippen molar-refractivity contribution in [1.82, 2.24) is 0 Å². The SMILES string of the molecule is COc1cc(/C=C2\CC/C(=C\c3ccc(OC4CCCCO4)c(OC)c3)C2=O)ccc1OC1CCCCO1. The highest BCUT2D eigenvalue weighted by molar-refractivity contribution is 6.15. The molecule has 7 heteroatoms. The molecule has 3 aliphatic rings. The minimum atomic E-state index is -0.245. The van der Waals surface area contributed by atoms with E-state index >= 15 is 0 Å². The third kappa shape index (κ3) is 6.40. The molecule has 2 heterocycles. The third-order valence-corrected chi connectivity index (χ3v) is 7.10. The van der Waals surface area contributed by atoms with E-state index in [0.29, 0.717) is 35.8 Å². The van der Waals surface area contributed by atoms with Crippen LogP contribution in [0.4, 0.5) is 0 Å². The van der Waals surface area contributed by atoms with Crippen LogP contribution in [0.3, 0.4) is 0 Å². The first-order valence-electron chi connectivity index (χ1n) is 13.5. The van der Waals surface area contributed by atoms with Crippen LogP contribution in [-0.4, -0.2) is 45.8 Å². The normalized spacial score (nSPS) is 24.0. The molecule has 5 rings (SSSR count). The molecule has 0 spiro atoms. The van der Waals surface area contributed by atoms with E-state index in [9.17, 15) is 4.79 Å². The molecule has 0 aromatic heterocycles. The molecule has 2 aromatic rings. The van der Waals surface area contributed by atoms with Crippen molar-refractivity contribution in [2.75, 3.05) is 27.4 Å². The molecule has 2 aromatic carbocycles. The molecule has 2 atom stereocenters. The fraction of sp³-hybridized carbons (Fsp3) is 0.452. The summed E-state index contributed by atoms with van der Waals surface area (Å²) in [5.74, 6) is 2.62. The Bertz CT molecular complexity index is 1100. The lowest BCUT2D eigenvalue weighted by Crippen LogP contribution is -2.25. The lowest BCUT2D eigenvalue weighted by atomic mass is 10.1. The molecule has 3 fully saturated rings. The van der Waals surface area contributed by atoms with Gasteiger partial charge in [0.25, 0.3) is 0 Å². The van der Waals surface area contributed by atoms with Gasteiger partial charge in [-0.1, -0.05) is 12.1 Å². The predicted octanol–water partition coefficient (Wildman–Crippen LogP) is 6.34. The highest BCUT2D eigenvalue weighted by Crippen LogP contribution is 2.35. The number of carbonyl (C=O) groups excluding carboxylic acids is 1. The third-order valence-electron chi connectivity index (χ3n) is 7.10. The average molecular weight is 521 g/mol. The molecule has 1 saturated carbocycles. The summed E-state index contributed by atoms with van der Waals surface area (Å²) < 4.78 is 34.5. The van der Waals surface area contributed by atoms with Crippen LogP contribution in [0.25, 0.3) is 12.2 Å². The number of allylic oxidation sites excluding steroid dienone is 2. The van der Waals surface area contributed by atoms with Gasteiger partial charge in [-0.2, -0.15) is 0 Å². The molecular formula is C31H36O7. The van der Waals surface area contributed by atoms with Crippen molar-refractivity contribution in [3.05, 3.63) is 58.7 Å². The standard InChI is InChI=1S/C31H36O7/c1-33-27-19-21(9-13-25(27)37-29-7-3-5-15-35-29)17-23-11-12-24(31(23)32)18-22-10-14-26(28(20-22)34-2)38-30-8-4-6-16-36-30/h9-10,13-14,17-20,29-30H,3-8,11-12,15-16H2,1-2H3/b23-17+,24-18+. The van der Waals surface area contributed by atoms with Crippen LogP contribution < -0.4 is 18.9 Å². The molecule has 202 valence electrons. The van der Waals surface area contributed by atoms with Gasteiger partial charge in [-0.05, 0) is 86.1 Å². The van der Waals surface area contributed by atoms with Crippen molar-refractivity contribution in [3.8, 4) is 23.0 Å². The van der Waals surface area contributed by atoms with E-state index in [1.165, 1.54) is 0 Å². The number of methoxy groups -OCH3 is 2. The van der Waals surface area contributed by atoms with Gasteiger partial charge in [0.2, 0.25) is 0 Å². The van der Waals surface area contributed by atoms with E-state index in [4.69, 9.17) is 28.4 Å². The first kappa shape index (κ1) is 26.3. The van der Waals surface area contributed by atoms with Crippen molar-refractivity contribution < 1.29 is 33.2 Å². The van der Waals surface area contributed by atoms with Gasteiger partial charge >= 0.3 is 0 Å². The van der Waals surface area contributed by atoms with Crippen LogP contribution in [0.5, 0.6) is 23.0 Å². The number of carbonyl (C=O) groups is 1. The van der Waals surface area contributed by atoms with Gasteiger partial charge in [0, 0.05) is 24.0 Å². The number of ether oxygens (including phenoxy) is 6. The number of hydrogen-bond acceptors (Lipinski definition) is 7. The molecule has 7 nitrogen and oxygen atoms in total. The smallest absolute Gasteiger partial charge is 0.200 e. The maximum atomic E-state index is 13.2. The van der Waals surface area contributed by atoms with Crippen molar-refractivity contribution in [3.63, 3.8) is 0 Å². The Morgan fingerprint density at radius 2 is 1.16 bits per heavy atom. The van der Waals surface area contributed by atoms with Crippen molar-refractivity contribution in [2.45, 2.75) is 63.9 Å². The minimum absolute atomic E-state index is 0.0646. The summed E-state index contributed by atoms with van der Waals surface area (Å²) in [6, 6.07) is 11.5. The summed E-state index contributed by atoms with van der Waals surface area (Å²) in [6.07, 6.45) is 10.8. The van der Waals surface area contributed by atoms with Crippen LogP contribution in [0, 0.1) is 0 Å². The molecule has 2 unspecified atom stereocenters. The molecule has 1 aliphatic carbocycles. The van der Waals surface area contributed by atoms with Crippen molar-refractivity contribution in [2.24, 2.45) is 0 Å². The summed E-state index contributed by atoms with van der Waals surface area (Å²) in [5.41, 5.74) is 3.36. The number of Topliss-reactive ketones (excluding diaryl/α,β-unsaturated/α-hetero) is 1. The van der Waals surface area contributed by atoms with Gasteiger partial charge in [0.15, 0.2) is 41.4 Å². The van der Waals surface area contributed by atoms with Crippen LogP contribution >= 0.6 is 0 Å². The lowest BCUT2D eigenvalue weighted by molar-refractivity contribution is -0.111. The minimum Gasteiger partial charge on any atom is -0.493 e. The summed E-state index contributed by atoms with van der Waals surface area (Å²) in [7, 11) is 3.24. The number of hydrogen-bond donors (Lipinski definition) is 0. The van der Waals surface area contributed by atoms with Crippen LogP contribution in [0.2, 0.25) is 0 Å². The summed E-state index contributed by atoms with van der Waals surface area (Å²) in [5, 5.41) is 0. The molecule has 0 N–H and O–H groups in total. The highest BCUT2D eigenvalue weighted by atomic mass is 16.7. The molecule has 0 bridgehead atoms. The Hall–Kier alpha value is -3.29. The zero-order valence-corrected chi connectivity index (χ0v) is 22.2. The van der Waals surface area contributed by atoms with Crippen LogP contribution in [0.1, 0.15) is 62.5 Å². The monoisotopic (exact) mass is 520 g/mol. The van der Waals surface area contributed by atoms with E-state index in [0.717, 1.165) is 74.0 Å². The largest absolute Gasteiger partial charge is 0.493 e. The molecular weight excluding hydrogens is 484 g/mol. The van der Waals surface area contributed by atoms with E-state index in [1.807, 2.05) is 48.6 Å². The fourth-order valence-corrected chi connectivity index (χ4v) is 5.01. The number of rotatable bonds is 8. The maximum absolute atomic E-state index is 13.2. The molecule has 38 heavy (non-hydrogen) atoms. The first-order chi connectivity index (χ1) is 18.6. The van der Waals surface area contributed by atoms with Gasteiger partial charge in [-0.25, -0.2) is 0 Å². The van der Waals surface area contributed by atoms with E-state index < -0.39 is 0 Å². The Kier molecular flexibility index (Phi) is 8.66. The Morgan fingerprint density at radius 3 is 1.55 bits per heavy atom. The zero-order valence-electron chi connectivity index (χ0n) is 22.2. The quantitative estimate of drug-likeness (QED) is 0.376. The summed E-state index contributed by atoms with van der Waals surface area (Å²) in [4.78, 5) is 13.2. The van der Waals surface area contributed by atoms with Crippen LogP contribution in [0.15, 0.2) is 47.5 Å². The second-order valence-electron chi connectivity index (χ2n) is 9.82.